The third-order valence-corrected chi connectivity index (χ3v) is 2.65. The van der Waals surface area contributed by atoms with E-state index in [9.17, 15) is 13.2 Å². The van der Waals surface area contributed by atoms with Gasteiger partial charge in [-0.25, -0.2) is 4.98 Å². The lowest BCUT2D eigenvalue weighted by Gasteiger charge is -2.10. The Kier molecular flexibility index (Phi) is 4.16. The molecule has 0 spiro atoms. The van der Waals surface area contributed by atoms with Crippen molar-refractivity contribution < 1.29 is 17.9 Å². The first-order chi connectivity index (χ1) is 9.44. The fraction of sp³-hybridized carbons (Fsp3) is 0.308. The van der Waals surface area contributed by atoms with Gasteiger partial charge in [0.15, 0.2) is 6.61 Å². The first kappa shape index (κ1) is 14.2. The molecule has 1 N–H and O–H groups in total. The average Bonchev–Trinajstić information content (AvgIpc) is 2.80. The summed E-state index contributed by atoms with van der Waals surface area (Å²) in [7, 11) is 1.89. The lowest BCUT2D eigenvalue weighted by atomic mass is 10.3. The molecule has 0 aliphatic carbocycles. The molecule has 0 bridgehead atoms. The fourth-order valence-corrected chi connectivity index (χ4v) is 1.58. The summed E-state index contributed by atoms with van der Waals surface area (Å²) < 4.78 is 42.5. The first-order valence-electron chi connectivity index (χ1n) is 5.93. The summed E-state index contributed by atoms with van der Waals surface area (Å²) in [5, 5.41) is 3.15. The minimum Gasteiger partial charge on any atom is -0.484 e. The zero-order valence-electron chi connectivity index (χ0n) is 10.8. The number of rotatable bonds is 5. The van der Waals surface area contributed by atoms with Gasteiger partial charge in [0.2, 0.25) is 0 Å². The third kappa shape index (κ3) is 4.18. The van der Waals surface area contributed by atoms with Crippen LogP contribution in [0, 0.1) is 0 Å². The molecule has 1 heterocycles. The molecular weight excluding hydrogens is 271 g/mol. The van der Waals surface area contributed by atoms with E-state index >= 15 is 0 Å². The highest BCUT2D eigenvalue weighted by atomic mass is 19.4. The lowest BCUT2D eigenvalue weighted by molar-refractivity contribution is -0.153. The van der Waals surface area contributed by atoms with Gasteiger partial charge in [-0.15, -0.1) is 0 Å². The van der Waals surface area contributed by atoms with E-state index in [4.69, 9.17) is 0 Å². The number of hydrogen-bond acceptors (Lipinski definition) is 3. The molecule has 0 aliphatic heterocycles. The fourth-order valence-electron chi connectivity index (χ4n) is 1.58. The van der Waals surface area contributed by atoms with Crippen LogP contribution >= 0.6 is 0 Å². The van der Waals surface area contributed by atoms with Crippen molar-refractivity contribution in [3.05, 3.63) is 42.5 Å². The van der Waals surface area contributed by atoms with Crippen LogP contribution in [-0.2, 0) is 13.6 Å². The van der Waals surface area contributed by atoms with Crippen molar-refractivity contribution in [2.45, 2.75) is 12.7 Å². The molecule has 0 atom stereocenters. The van der Waals surface area contributed by atoms with Gasteiger partial charge in [0, 0.05) is 18.9 Å². The highest BCUT2D eigenvalue weighted by molar-refractivity contribution is 5.46. The van der Waals surface area contributed by atoms with Gasteiger partial charge >= 0.3 is 6.18 Å². The number of anilines is 1. The van der Waals surface area contributed by atoms with Crippen molar-refractivity contribution in [2.24, 2.45) is 7.05 Å². The summed E-state index contributed by atoms with van der Waals surface area (Å²) in [5.41, 5.74) is 1.80. The Morgan fingerprint density at radius 3 is 2.50 bits per heavy atom. The summed E-state index contributed by atoms with van der Waals surface area (Å²) in [6.07, 6.45) is -0.880. The summed E-state index contributed by atoms with van der Waals surface area (Å²) in [6.45, 7) is -0.700. The number of alkyl halides is 3. The summed E-state index contributed by atoms with van der Waals surface area (Å²) >= 11 is 0. The van der Waals surface area contributed by atoms with Crippen LogP contribution in [0.4, 0.5) is 18.9 Å². The van der Waals surface area contributed by atoms with Crippen molar-refractivity contribution in [3.8, 4) is 5.75 Å². The van der Waals surface area contributed by atoms with Gasteiger partial charge in [0.25, 0.3) is 0 Å². The molecular formula is C13H14F3N3O. The van der Waals surface area contributed by atoms with Crippen LogP contribution in [0.3, 0.4) is 0 Å². The first-order valence-corrected chi connectivity index (χ1v) is 5.93. The minimum absolute atomic E-state index is 0.188. The average molecular weight is 285 g/mol. The maximum atomic E-state index is 12.0. The number of nitrogens with one attached hydrogen (secondary N) is 1. The molecule has 20 heavy (non-hydrogen) atoms. The Balaban J connectivity index is 1.87. The molecule has 0 aliphatic rings. The molecule has 0 radical (unpaired) electrons. The number of halogens is 3. The van der Waals surface area contributed by atoms with Crippen molar-refractivity contribution in [1.29, 1.82) is 0 Å². The summed E-state index contributed by atoms with van der Waals surface area (Å²) in [4.78, 5) is 3.99. The maximum absolute atomic E-state index is 12.0. The lowest BCUT2D eigenvalue weighted by Crippen LogP contribution is -2.19. The van der Waals surface area contributed by atoms with Crippen molar-refractivity contribution in [2.75, 3.05) is 11.9 Å². The zero-order valence-corrected chi connectivity index (χ0v) is 10.8. The number of hydrogen-bond donors (Lipinski definition) is 1. The number of ether oxygens (including phenoxy) is 1. The predicted octanol–water partition coefficient (Wildman–Crippen LogP) is 2.97. The van der Waals surface area contributed by atoms with Gasteiger partial charge in [0.1, 0.15) is 5.75 Å². The molecule has 2 rings (SSSR count). The van der Waals surface area contributed by atoms with E-state index in [1.54, 1.807) is 24.7 Å². The molecule has 2 aromatic rings. The standard InChI is InChI=1S/C13H14F3N3O/c1-19-9-17-6-11(19)7-18-10-2-4-12(5-3-10)20-8-13(14,15)16/h2-6,9,18H,7-8H2,1H3. The van der Waals surface area contributed by atoms with Crippen LogP contribution in [0.1, 0.15) is 5.69 Å². The van der Waals surface area contributed by atoms with Crippen LogP contribution in [0.25, 0.3) is 0 Å². The van der Waals surface area contributed by atoms with Gasteiger partial charge in [-0.2, -0.15) is 13.2 Å². The monoisotopic (exact) mass is 285 g/mol. The molecule has 0 saturated heterocycles. The van der Waals surface area contributed by atoms with Crippen LogP contribution in [0.5, 0.6) is 5.75 Å². The molecule has 0 fully saturated rings. The predicted molar refractivity (Wildman–Crippen MR) is 68.5 cm³/mol. The second-order valence-electron chi connectivity index (χ2n) is 4.28. The zero-order chi connectivity index (χ0) is 14.6. The number of nitrogens with zero attached hydrogens (tertiary/aromatic N) is 2. The van der Waals surface area contributed by atoms with Gasteiger partial charge in [0.05, 0.1) is 18.6 Å². The Labute approximate surface area is 114 Å². The maximum Gasteiger partial charge on any atom is 0.422 e. The Hall–Kier alpha value is -2.18. The Morgan fingerprint density at radius 1 is 1.25 bits per heavy atom. The smallest absolute Gasteiger partial charge is 0.422 e. The summed E-state index contributed by atoms with van der Waals surface area (Å²) in [6, 6.07) is 6.33. The minimum atomic E-state index is -4.32. The Morgan fingerprint density at radius 2 is 1.95 bits per heavy atom. The number of aromatic nitrogens is 2. The largest absolute Gasteiger partial charge is 0.484 e. The normalized spacial score (nSPS) is 11.4. The molecule has 7 heteroatoms. The molecule has 0 unspecified atom stereocenters. The third-order valence-electron chi connectivity index (χ3n) is 2.65. The van der Waals surface area contributed by atoms with Crippen LogP contribution in [0.15, 0.2) is 36.8 Å². The van der Waals surface area contributed by atoms with Gasteiger partial charge in [-0.3, -0.25) is 0 Å². The quantitative estimate of drug-likeness (QED) is 0.918. The second kappa shape index (κ2) is 5.85. The molecule has 1 aromatic carbocycles. The van der Waals surface area contributed by atoms with E-state index in [0.29, 0.717) is 6.54 Å². The van der Waals surface area contributed by atoms with Gasteiger partial charge in [-0.05, 0) is 24.3 Å². The highest BCUT2D eigenvalue weighted by Crippen LogP contribution is 2.20. The van der Waals surface area contributed by atoms with Crippen LogP contribution < -0.4 is 10.1 Å². The van der Waals surface area contributed by atoms with E-state index in [-0.39, 0.29) is 5.75 Å². The number of imidazole rings is 1. The highest BCUT2D eigenvalue weighted by Gasteiger charge is 2.28. The van der Waals surface area contributed by atoms with Gasteiger partial charge in [-0.1, -0.05) is 0 Å². The summed E-state index contributed by atoms with van der Waals surface area (Å²) in [5.74, 6) is 0.188. The number of benzene rings is 1. The van der Waals surface area contributed by atoms with E-state index in [1.165, 1.54) is 12.1 Å². The molecule has 0 saturated carbocycles. The second-order valence-corrected chi connectivity index (χ2v) is 4.28. The van der Waals surface area contributed by atoms with Crippen LogP contribution in [-0.4, -0.2) is 22.3 Å². The Bertz CT molecular complexity index is 549. The van der Waals surface area contributed by atoms with E-state index in [2.05, 4.69) is 15.0 Å². The van der Waals surface area contributed by atoms with Crippen molar-refractivity contribution in [1.82, 2.24) is 9.55 Å². The van der Waals surface area contributed by atoms with E-state index < -0.39 is 12.8 Å². The molecule has 108 valence electrons. The molecule has 4 nitrogen and oxygen atoms in total. The van der Waals surface area contributed by atoms with E-state index in [0.717, 1.165) is 11.4 Å². The topological polar surface area (TPSA) is 39.1 Å². The molecule has 0 amide bonds. The van der Waals surface area contributed by atoms with Crippen molar-refractivity contribution in [3.63, 3.8) is 0 Å². The van der Waals surface area contributed by atoms with Crippen molar-refractivity contribution >= 4 is 5.69 Å². The van der Waals surface area contributed by atoms with Crippen LogP contribution in [0.2, 0.25) is 0 Å². The molecule has 1 aromatic heterocycles. The SMILES string of the molecule is Cn1cncc1CNc1ccc(OCC(F)(F)F)cc1. The van der Waals surface area contributed by atoms with E-state index in [1.807, 2.05) is 11.6 Å². The number of aryl methyl sites for hydroxylation is 1. The van der Waals surface area contributed by atoms with Gasteiger partial charge < -0.3 is 14.6 Å².